The number of nitrogens with zero attached hydrogens (tertiary/aromatic N) is 2. The Morgan fingerprint density at radius 1 is 0.550 bits per heavy atom. The van der Waals surface area contributed by atoms with Crippen LogP contribution < -0.4 is 0 Å². The van der Waals surface area contributed by atoms with Gasteiger partial charge >= 0.3 is 50.4 Å². The largest absolute Gasteiger partial charge is 1.00 e. The van der Waals surface area contributed by atoms with Crippen LogP contribution in [0.5, 0.6) is 11.5 Å². The van der Waals surface area contributed by atoms with Gasteiger partial charge in [0.15, 0.2) is 0 Å². The van der Waals surface area contributed by atoms with Gasteiger partial charge in [0.2, 0.25) is 0 Å². The van der Waals surface area contributed by atoms with Crippen molar-refractivity contribution in [3.05, 3.63) is 83.9 Å². The fourth-order valence-corrected chi connectivity index (χ4v) is 5.66. The topological polar surface area (TPSA) is 46.9 Å². The molecule has 0 spiro atoms. The molecule has 0 saturated carbocycles. The molecule has 0 radical (unpaired) electrons. The van der Waals surface area contributed by atoms with Crippen LogP contribution in [-0.2, 0) is 43.3 Å². The van der Waals surface area contributed by atoms with Crippen molar-refractivity contribution in [1.29, 1.82) is 0 Å². The van der Waals surface area contributed by atoms with Crippen molar-refractivity contribution in [2.24, 2.45) is 0 Å². The minimum Gasteiger partial charge on any atom is 1.00 e. The fraction of sp³-hybridized carbons (Fsp3) is 0.375. The molecule has 0 aliphatic carbocycles. The number of aromatic hydroxyl groups is 2. The maximum atomic E-state index is 10.1. The van der Waals surface area contributed by atoms with Gasteiger partial charge < -0.3 is 10.2 Å². The molecule has 0 unspecified atom stereocenters. The van der Waals surface area contributed by atoms with Crippen LogP contribution in [0, 0.1) is 20.2 Å². The van der Waals surface area contributed by atoms with Gasteiger partial charge in [0.05, 0.1) is 0 Å². The number of hydrogen-bond donors (Lipinski definition) is 2. The Balaban J connectivity index is 0.000000197. The number of benzene rings is 4. The van der Waals surface area contributed by atoms with E-state index in [1.165, 1.54) is 60.1 Å². The van der Waals surface area contributed by atoms with Crippen molar-refractivity contribution in [2.45, 2.75) is 51.6 Å². The van der Waals surface area contributed by atoms with Crippen molar-refractivity contribution in [1.82, 2.24) is 9.80 Å². The van der Waals surface area contributed by atoms with E-state index in [-0.39, 0.29) is 17.1 Å². The average Bonchev–Trinajstić information content (AvgIpc) is 2.98. The van der Waals surface area contributed by atoms with E-state index in [4.69, 9.17) is 0 Å². The van der Waals surface area contributed by atoms with Crippen LogP contribution in [0.2, 0.25) is 0 Å². The van der Waals surface area contributed by atoms with Gasteiger partial charge in [0, 0.05) is 24.2 Å². The molecule has 0 atom stereocenters. The van der Waals surface area contributed by atoms with Crippen LogP contribution in [0.4, 0.5) is 0 Å². The second-order valence-electron chi connectivity index (χ2n) is 10.3. The molecule has 6 rings (SSSR count). The molecule has 2 aliphatic rings. The Labute approximate surface area is 263 Å². The summed E-state index contributed by atoms with van der Waals surface area (Å²) >= 11 is 0.979. The number of phenolic OH excluding ortho intramolecular Hbond substituents is 2. The molecular weight excluding hydrogens is 642 g/mol. The predicted molar refractivity (Wildman–Crippen MR) is 152 cm³/mol. The molecule has 2 N–H and O–H groups in total. The fourth-order valence-electron chi connectivity index (χ4n) is 5.66. The Bertz CT molecular complexity index is 1230. The number of fused-ring (bicyclic) bond motifs is 2. The van der Waals surface area contributed by atoms with Crippen molar-refractivity contribution in [3.63, 3.8) is 0 Å². The van der Waals surface area contributed by atoms with Gasteiger partial charge in [-0.05, 0) is 85.5 Å². The number of halogens is 2. The molecule has 0 aromatic heterocycles. The minimum absolute atomic E-state index is 0. The van der Waals surface area contributed by atoms with E-state index in [0.29, 0.717) is 11.5 Å². The van der Waals surface area contributed by atoms with E-state index < -0.39 is 0 Å². The zero-order valence-electron chi connectivity index (χ0n) is 22.6. The van der Waals surface area contributed by atoms with Crippen molar-refractivity contribution >= 4 is 21.5 Å². The Morgan fingerprint density at radius 3 is 1.27 bits per heavy atom. The summed E-state index contributed by atoms with van der Waals surface area (Å²) in [6, 6.07) is 24.2. The van der Waals surface area contributed by atoms with Gasteiger partial charge in [-0.1, -0.05) is 73.5 Å². The van der Waals surface area contributed by atoms with E-state index in [2.05, 4.69) is 54.3 Å². The number of rotatable bonds is 4. The van der Waals surface area contributed by atoms with E-state index in [0.717, 1.165) is 63.5 Å². The zero-order valence-corrected chi connectivity index (χ0v) is 26.1. The molecule has 4 aromatic carbocycles. The van der Waals surface area contributed by atoms with Crippen LogP contribution in [0.15, 0.2) is 72.8 Å². The van der Waals surface area contributed by atoms with Crippen molar-refractivity contribution in [3.8, 4) is 11.5 Å². The summed E-state index contributed by atoms with van der Waals surface area (Å²) in [5.41, 5.74) is 2.16. The van der Waals surface area contributed by atoms with Gasteiger partial charge in [0.1, 0.15) is 11.5 Å². The van der Waals surface area contributed by atoms with Crippen molar-refractivity contribution in [2.75, 3.05) is 26.2 Å². The van der Waals surface area contributed by atoms with E-state index in [1.807, 2.05) is 48.5 Å². The molecule has 0 amide bonds. The third-order valence-electron chi connectivity index (χ3n) is 7.69. The van der Waals surface area contributed by atoms with Gasteiger partial charge in [-0.2, -0.15) is 0 Å². The van der Waals surface area contributed by atoms with Crippen LogP contribution in [0.3, 0.4) is 0 Å². The Morgan fingerprint density at radius 2 is 0.900 bits per heavy atom. The molecule has 2 heterocycles. The maximum absolute atomic E-state index is 10.1. The molecule has 2 aliphatic heterocycles. The first-order chi connectivity index (χ1) is 19.1. The third-order valence-corrected chi connectivity index (χ3v) is 7.69. The number of piperidine rings is 2. The van der Waals surface area contributed by atoms with Gasteiger partial charge in [-0.15, -0.1) is 0 Å². The van der Waals surface area contributed by atoms with Gasteiger partial charge in [-0.25, -0.2) is 0 Å². The van der Waals surface area contributed by atoms with Crippen molar-refractivity contribution < 1.29 is 60.6 Å². The minimum atomic E-state index is 0. The summed E-state index contributed by atoms with van der Waals surface area (Å²) in [6.07, 6.45) is 7.82. The van der Waals surface area contributed by atoms with Gasteiger partial charge in [0.25, 0.3) is 0 Å². The number of hydrogen-bond acceptors (Lipinski definition) is 4. The standard InChI is InChI=1S/2C16H19NO.2ClH.2Cu/c2*18-16-9-8-13-6-2-3-7-14(13)15(16)12-17-10-4-1-5-11-17;;;;/h2*2-3,6-9,18H,1,4-5,10-12H2;2*1H;;/q;;;;+1;+2. The summed E-state index contributed by atoms with van der Waals surface area (Å²) in [6.45, 7) is 6.36. The first-order valence-corrected chi connectivity index (χ1v) is 16.6. The SMILES string of the molecule is Oc1ccc2ccccc2c1CN1CCCCC1.Oc1ccc2ccccc2c1CN1CCCCC1.[ClH+][Cu][ClH+].[Cu+]. The molecule has 4 aromatic rings. The molecule has 2 fully saturated rings. The summed E-state index contributed by atoms with van der Waals surface area (Å²) in [5.74, 6) is 0.860. The zero-order chi connectivity index (χ0) is 27.5. The third kappa shape index (κ3) is 9.27. The molecule has 40 heavy (non-hydrogen) atoms. The second kappa shape index (κ2) is 17.5. The first-order valence-electron chi connectivity index (χ1n) is 13.8. The van der Waals surface area contributed by atoms with Crippen LogP contribution in [-0.4, -0.2) is 46.2 Å². The molecule has 223 valence electrons. The second-order valence-corrected chi connectivity index (χ2v) is 12.1. The van der Waals surface area contributed by atoms with Crippen LogP contribution >= 0.6 is 0 Å². The number of phenols is 2. The summed E-state index contributed by atoms with van der Waals surface area (Å²) in [5, 5.41) is 25.0. The van der Waals surface area contributed by atoms with Gasteiger partial charge in [-0.3, -0.25) is 9.80 Å². The smallest absolute Gasteiger partial charge is 1.00 e. The average molecular weight is 683 g/mol. The molecule has 4 nitrogen and oxygen atoms in total. The summed E-state index contributed by atoms with van der Waals surface area (Å²) in [4.78, 5) is 4.90. The maximum Gasteiger partial charge on any atom is 1.00 e. The summed E-state index contributed by atoms with van der Waals surface area (Å²) in [7, 11) is 8.23. The quantitative estimate of drug-likeness (QED) is 0.241. The number of likely N-dealkylation sites (tertiary alicyclic amines) is 2. The predicted octanol–water partition coefficient (Wildman–Crippen LogP) is 6.52. The van der Waals surface area contributed by atoms with E-state index in [1.54, 1.807) is 0 Å². The molecule has 8 heteroatoms. The monoisotopic (exact) mass is 680 g/mol. The van der Waals surface area contributed by atoms with E-state index >= 15 is 0 Å². The normalized spacial score (nSPS) is 15.9. The first kappa shape index (κ1) is 33.0. The molecule has 0 bridgehead atoms. The van der Waals surface area contributed by atoms with Crippen LogP contribution in [0.25, 0.3) is 21.5 Å². The molecular formula is C32H40Cl2Cu2N2O2+3. The molecule has 2 saturated heterocycles. The van der Waals surface area contributed by atoms with Crippen LogP contribution in [0.1, 0.15) is 49.7 Å². The Hall–Kier alpha value is -1.46. The summed E-state index contributed by atoms with van der Waals surface area (Å²) < 4.78 is 0. The Kier molecular flexibility index (Phi) is 14.4. The van der Waals surface area contributed by atoms with E-state index in [9.17, 15) is 10.2 Å².